The molecule has 5 aliphatic rings. The Bertz CT molecular complexity index is 4600. The summed E-state index contributed by atoms with van der Waals surface area (Å²) in [6.07, 6.45) is 17.5. The molecule has 462 valence electrons. The van der Waals surface area contributed by atoms with Crippen LogP contribution < -0.4 is 26.0 Å². The fraction of sp³-hybridized carbons (Fsp3) is 0.372. The Labute approximate surface area is 543 Å². The zero-order valence-electron chi connectivity index (χ0n) is 57.0. The van der Waals surface area contributed by atoms with Crippen LogP contribution in [0.4, 0.5) is 17.1 Å². The molecule has 3 aliphatic carbocycles. The maximum absolute atomic E-state index is 7.68. The molecule has 2 aliphatic heterocycles. The molecule has 4 heterocycles. The van der Waals surface area contributed by atoms with Gasteiger partial charge in [0.2, 0.25) is 0 Å². The maximum Gasteiger partial charge on any atom is 0.257 e. The van der Waals surface area contributed by atoms with E-state index in [2.05, 4.69) is 294 Å². The molecule has 0 amide bonds. The molecule has 15 rings (SSSR count). The van der Waals surface area contributed by atoms with Crippen LogP contribution in [0.2, 0.25) is 0 Å². The highest BCUT2D eigenvalue weighted by Crippen LogP contribution is 2.54. The van der Waals surface area contributed by atoms with E-state index in [1.807, 2.05) is 0 Å². The van der Waals surface area contributed by atoms with E-state index in [-0.39, 0.29) is 39.8 Å². The quantitative estimate of drug-likeness (QED) is 0.122. The highest BCUT2D eigenvalue weighted by atomic mass is 16.5. The van der Waals surface area contributed by atoms with Crippen molar-refractivity contribution >= 4 is 83.8 Å². The largest absolute Gasteiger partial charge is 0.458 e. The van der Waals surface area contributed by atoms with E-state index in [9.17, 15) is 0 Å². The van der Waals surface area contributed by atoms with Crippen molar-refractivity contribution < 1.29 is 4.74 Å². The second-order valence-electron chi connectivity index (χ2n) is 33.1. The van der Waals surface area contributed by atoms with Gasteiger partial charge in [-0.15, -0.1) is 0 Å². The van der Waals surface area contributed by atoms with Crippen LogP contribution in [-0.4, -0.2) is 15.8 Å². The molecule has 2 aromatic heterocycles. The van der Waals surface area contributed by atoms with Gasteiger partial charge in [-0.2, -0.15) is 0 Å². The predicted octanol–water partition coefficient (Wildman–Crippen LogP) is 22.3. The van der Waals surface area contributed by atoms with Gasteiger partial charge in [0.15, 0.2) is 0 Å². The average molecular weight is 1200 g/mol. The minimum absolute atomic E-state index is 0.0113. The molecule has 8 aromatic carbocycles. The van der Waals surface area contributed by atoms with Crippen LogP contribution in [0.25, 0.3) is 60.4 Å². The van der Waals surface area contributed by atoms with Gasteiger partial charge < -0.3 is 18.8 Å². The van der Waals surface area contributed by atoms with Gasteiger partial charge in [-0.25, -0.2) is 0 Å². The molecule has 0 N–H and O–H groups in total. The second kappa shape index (κ2) is 21.4. The van der Waals surface area contributed by atoms with E-state index in [1.54, 1.807) is 16.7 Å². The average Bonchev–Trinajstić information content (AvgIpc) is 1.69. The minimum Gasteiger partial charge on any atom is -0.458 e. The summed E-state index contributed by atoms with van der Waals surface area (Å²) in [6, 6.07) is 61.6. The smallest absolute Gasteiger partial charge is 0.257 e. The number of benzene rings is 8. The summed E-state index contributed by atoms with van der Waals surface area (Å²) in [4.78, 5) is 2.63. The number of hydrogen-bond acceptors (Lipinski definition) is 2. The van der Waals surface area contributed by atoms with Crippen molar-refractivity contribution in [1.29, 1.82) is 0 Å². The van der Waals surface area contributed by atoms with Crippen LogP contribution in [0.5, 0.6) is 11.5 Å². The van der Waals surface area contributed by atoms with E-state index in [4.69, 9.17) is 4.74 Å². The van der Waals surface area contributed by atoms with Gasteiger partial charge in [0.1, 0.15) is 11.5 Å². The second-order valence-corrected chi connectivity index (χ2v) is 33.1. The molecule has 91 heavy (non-hydrogen) atoms. The van der Waals surface area contributed by atoms with Crippen LogP contribution in [-0.2, 0) is 16.2 Å². The molecular formula is C86H94BN3O. The molecule has 4 nitrogen and oxygen atoms in total. The van der Waals surface area contributed by atoms with Crippen molar-refractivity contribution in [2.45, 2.75) is 178 Å². The van der Waals surface area contributed by atoms with Crippen molar-refractivity contribution in [3.05, 3.63) is 209 Å². The third-order valence-electron chi connectivity index (χ3n) is 22.2. The van der Waals surface area contributed by atoms with Crippen LogP contribution in [0.1, 0.15) is 178 Å². The molecule has 0 saturated carbocycles. The molecule has 0 fully saturated rings. The van der Waals surface area contributed by atoms with Gasteiger partial charge in [0, 0.05) is 55.2 Å². The molecule has 10 aromatic rings. The minimum atomic E-state index is -0.178. The van der Waals surface area contributed by atoms with E-state index < -0.39 is 0 Å². The lowest BCUT2D eigenvalue weighted by Crippen LogP contribution is -2.60. The summed E-state index contributed by atoms with van der Waals surface area (Å²) in [5, 5.41) is 5.23. The van der Waals surface area contributed by atoms with Gasteiger partial charge in [-0.05, 0) is 213 Å². The summed E-state index contributed by atoms with van der Waals surface area (Å²) >= 11 is 0. The van der Waals surface area contributed by atoms with Crippen molar-refractivity contribution in [2.24, 2.45) is 28.6 Å². The maximum atomic E-state index is 7.68. The molecule has 4 unspecified atom stereocenters. The Morgan fingerprint density at radius 2 is 1.08 bits per heavy atom. The standard InChI is InChI=1S/C86H94BN3O/c1-82(2,3)56-36-32-54(33-37-56)63-28-23-29-64(55-34-38-57(39-35-55)83(4,5)6)81(63)90-70-31-22-20-27-65(70)78-73(90)46-47-76-80(78)87-68-43-42-61(88-71-44-40-58(84(7,8)9)48-66(71)67-49-59(85(10,11)12)41-45-72(67)88)52-74(68)89(69-30-21-19-26-62(69)53-24-17-16-18-25-53)75-50-60(86(13,14)15)51-77(91-76)79(75)87/h16-22,24-28,30-31,36,38,40-52,54-55,64,81H,23,29,32-35,37,39H2,1-15H3. The topological polar surface area (TPSA) is 22.3 Å². The molecule has 0 radical (unpaired) electrons. The highest BCUT2D eigenvalue weighted by Gasteiger charge is 2.47. The Kier molecular flexibility index (Phi) is 14.0. The first kappa shape index (κ1) is 59.5. The van der Waals surface area contributed by atoms with Gasteiger partial charge >= 0.3 is 0 Å². The normalized spacial score (nSPS) is 19.7. The number of rotatable bonds is 6. The van der Waals surface area contributed by atoms with Crippen molar-refractivity contribution in [3.8, 4) is 28.3 Å². The summed E-state index contributed by atoms with van der Waals surface area (Å²) in [6.45, 7) is 35.4. The van der Waals surface area contributed by atoms with Crippen molar-refractivity contribution in [1.82, 2.24) is 9.13 Å². The zero-order valence-corrected chi connectivity index (χ0v) is 57.0. The lowest BCUT2D eigenvalue weighted by molar-refractivity contribution is 0.200. The molecule has 4 atom stereocenters. The van der Waals surface area contributed by atoms with Crippen LogP contribution in [0, 0.1) is 28.6 Å². The molecule has 0 bridgehead atoms. The molecule has 5 heteroatoms. The van der Waals surface area contributed by atoms with Crippen LogP contribution in [0.3, 0.4) is 0 Å². The molecule has 0 saturated heterocycles. The Morgan fingerprint density at radius 1 is 0.451 bits per heavy atom. The number of aromatic nitrogens is 2. The van der Waals surface area contributed by atoms with Crippen LogP contribution in [0.15, 0.2) is 193 Å². The number of para-hydroxylation sites is 2. The first-order valence-electron chi connectivity index (χ1n) is 34.5. The number of hydrogen-bond donors (Lipinski definition) is 0. The monoisotopic (exact) mass is 1200 g/mol. The molecule has 0 spiro atoms. The first-order chi connectivity index (χ1) is 43.3. The Balaban J connectivity index is 1.01. The fourth-order valence-corrected chi connectivity index (χ4v) is 17.2. The SMILES string of the molecule is CC(C)(C)C1=CCC(C2=CCCC(C3CC=C(C(C)(C)C)CC3)C2n2c3ccccc3c3c4c(ccc32)Oc2cc(C(C)(C)C)cc3c2B4c2ccc(-n4c5ccc(C(C)(C)C)cc5c5cc(C(C)(C)C)ccc54)cc2N3c2ccccc2-c2ccccc2)CC1. The van der Waals surface area contributed by atoms with E-state index >= 15 is 0 Å². The van der Waals surface area contributed by atoms with E-state index in [0.29, 0.717) is 17.8 Å². The lowest BCUT2D eigenvalue weighted by atomic mass is 9.33. The number of anilines is 3. The Morgan fingerprint density at radius 3 is 1.71 bits per heavy atom. The zero-order chi connectivity index (χ0) is 63.4. The fourth-order valence-electron chi connectivity index (χ4n) is 17.2. The Hall–Kier alpha value is -7.76. The summed E-state index contributed by atoms with van der Waals surface area (Å²) < 4.78 is 13.1. The first-order valence-corrected chi connectivity index (χ1v) is 34.5. The third kappa shape index (κ3) is 9.99. The van der Waals surface area contributed by atoms with E-state index in [0.717, 1.165) is 42.1 Å². The highest BCUT2D eigenvalue weighted by molar-refractivity contribution is 7.00. The third-order valence-corrected chi connectivity index (χ3v) is 22.2. The summed E-state index contributed by atoms with van der Waals surface area (Å²) in [5.74, 6) is 3.52. The molecular weight excluding hydrogens is 1100 g/mol. The number of nitrogens with zero attached hydrogens (tertiary/aromatic N) is 3. The van der Waals surface area contributed by atoms with Crippen molar-refractivity contribution in [2.75, 3.05) is 4.90 Å². The number of allylic oxidation sites excluding steroid dienone is 6. The van der Waals surface area contributed by atoms with Gasteiger partial charge in [-0.1, -0.05) is 218 Å². The van der Waals surface area contributed by atoms with Gasteiger partial charge in [0.25, 0.3) is 6.71 Å². The van der Waals surface area contributed by atoms with E-state index in [1.165, 1.54) is 131 Å². The van der Waals surface area contributed by atoms with Crippen LogP contribution >= 0.6 is 0 Å². The summed E-state index contributed by atoms with van der Waals surface area (Å²) in [5.41, 5.74) is 25.0. The lowest BCUT2D eigenvalue weighted by Gasteiger charge is -2.44. The van der Waals surface area contributed by atoms with Gasteiger partial charge in [0.05, 0.1) is 22.8 Å². The number of ether oxygens (including phenoxy) is 1. The summed E-state index contributed by atoms with van der Waals surface area (Å²) in [7, 11) is 0. The number of fused-ring (bicyclic) bond motifs is 11. The van der Waals surface area contributed by atoms with Crippen molar-refractivity contribution in [3.63, 3.8) is 0 Å². The van der Waals surface area contributed by atoms with Gasteiger partial charge in [-0.3, -0.25) is 0 Å². The predicted molar refractivity (Wildman–Crippen MR) is 391 cm³/mol.